The summed E-state index contributed by atoms with van der Waals surface area (Å²) >= 11 is 0. The van der Waals surface area contributed by atoms with Gasteiger partial charge in [0.1, 0.15) is 11.9 Å². The first-order valence-corrected chi connectivity index (χ1v) is 8.60. The van der Waals surface area contributed by atoms with E-state index in [9.17, 15) is 14.4 Å². The monoisotopic (exact) mass is 376 g/mol. The van der Waals surface area contributed by atoms with Gasteiger partial charge in [-0.15, -0.1) is 0 Å². The highest BCUT2D eigenvalue weighted by Crippen LogP contribution is 2.34. The Bertz CT molecular complexity index is 1070. The fraction of sp³-hybridized carbons (Fsp3) is 0.100. The molecule has 8 nitrogen and oxygen atoms in total. The minimum Gasteiger partial charge on any atom is -0.478 e. The average molecular weight is 376 g/mol. The van der Waals surface area contributed by atoms with Gasteiger partial charge in [-0.25, -0.2) is 9.48 Å². The molecule has 8 heteroatoms. The smallest absolute Gasteiger partial charge is 0.335 e. The molecule has 3 N–H and O–H groups in total. The van der Waals surface area contributed by atoms with Crippen LogP contribution < -0.4 is 10.6 Å². The number of carbonyl (C=O) groups is 3. The van der Waals surface area contributed by atoms with Gasteiger partial charge in [0, 0.05) is 11.3 Å². The molecule has 0 spiro atoms. The predicted octanol–water partition coefficient (Wildman–Crippen LogP) is 2.77. The van der Waals surface area contributed by atoms with E-state index in [1.807, 2.05) is 30.3 Å². The van der Waals surface area contributed by atoms with Crippen molar-refractivity contribution in [3.8, 4) is 11.1 Å². The summed E-state index contributed by atoms with van der Waals surface area (Å²) in [6.45, 7) is 0. The van der Waals surface area contributed by atoms with E-state index in [1.54, 1.807) is 18.3 Å². The summed E-state index contributed by atoms with van der Waals surface area (Å²) in [6, 6.07) is 14.5. The van der Waals surface area contributed by atoms with Crippen LogP contribution in [0.4, 0.5) is 11.5 Å². The van der Waals surface area contributed by atoms with Crippen molar-refractivity contribution in [2.75, 3.05) is 10.6 Å². The second kappa shape index (κ2) is 6.99. The van der Waals surface area contributed by atoms with Gasteiger partial charge in [-0.05, 0) is 23.8 Å². The van der Waals surface area contributed by atoms with Gasteiger partial charge in [-0.1, -0.05) is 36.4 Å². The number of aromatic carboxylic acids is 1. The second-order valence-corrected chi connectivity index (χ2v) is 6.36. The fourth-order valence-electron chi connectivity index (χ4n) is 3.16. The van der Waals surface area contributed by atoms with E-state index >= 15 is 0 Å². The van der Waals surface area contributed by atoms with Gasteiger partial charge >= 0.3 is 5.97 Å². The zero-order chi connectivity index (χ0) is 19.7. The topological polar surface area (TPSA) is 113 Å². The number of fused-ring (bicyclic) bond motifs is 1. The normalized spacial score (nSPS) is 15.4. The van der Waals surface area contributed by atoms with Crippen LogP contribution in [0.5, 0.6) is 0 Å². The number of nitrogens with one attached hydrogen (secondary N) is 2. The maximum Gasteiger partial charge on any atom is 0.335 e. The Balaban J connectivity index is 1.64. The summed E-state index contributed by atoms with van der Waals surface area (Å²) in [5.74, 6) is -1.36. The largest absolute Gasteiger partial charge is 0.478 e. The van der Waals surface area contributed by atoms with Crippen LogP contribution in [0.3, 0.4) is 0 Å². The lowest BCUT2D eigenvalue weighted by Gasteiger charge is -2.24. The van der Waals surface area contributed by atoms with Gasteiger partial charge in [-0.2, -0.15) is 5.10 Å². The molecular formula is C20H16N4O4. The van der Waals surface area contributed by atoms with Crippen molar-refractivity contribution in [3.63, 3.8) is 0 Å². The Kier molecular flexibility index (Phi) is 4.36. The van der Waals surface area contributed by atoms with Gasteiger partial charge in [0.05, 0.1) is 18.2 Å². The highest BCUT2D eigenvalue weighted by molar-refractivity contribution is 6.03. The number of rotatable bonds is 4. The quantitative estimate of drug-likeness (QED) is 0.648. The molecule has 1 aromatic heterocycles. The van der Waals surface area contributed by atoms with E-state index in [0.29, 0.717) is 11.5 Å². The number of carbonyl (C=O) groups excluding carboxylic acids is 2. The molecule has 4 rings (SSSR count). The average Bonchev–Trinajstić information content (AvgIpc) is 3.11. The predicted molar refractivity (Wildman–Crippen MR) is 102 cm³/mol. The van der Waals surface area contributed by atoms with E-state index in [1.165, 1.54) is 16.8 Å². The number of hydrogen-bond acceptors (Lipinski definition) is 4. The molecule has 2 heterocycles. The van der Waals surface area contributed by atoms with Crippen LogP contribution in [0.1, 0.15) is 22.8 Å². The summed E-state index contributed by atoms with van der Waals surface area (Å²) in [7, 11) is 0. The van der Waals surface area contributed by atoms with Crippen molar-refractivity contribution in [1.82, 2.24) is 9.78 Å². The van der Waals surface area contributed by atoms with Crippen LogP contribution in [0, 0.1) is 0 Å². The molecule has 0 saturated heterocycles. The molecule has 2 aromatic carbocycles. The third kappa shape index (κ3) is 3.23. The molecule has 0 unspecified atom stereocenters. The highest BCUT2D eigenvalue weighted by Gasteiger charge is 2.33. The van der Waals surface area contributed by atoms with Crippen LogP contribution in [-0.4, -0.2) is 32.7 Å². The molecule has 1 atom stereocenters. The first-order valence-electron chi connectivity index (χ1n) is 8.60. The van der Waals surface area contributed by atoms with Gasteiger partial charge in [-0.3, -0.25) is 9.59 Å². The minimum absolute atomic E-state index is 0.0605. The number of hydrogen-bond donors (Lipinski definition) is 3. The van der Waals surface area contributed by atoms with Crippen LogP contribution in [-0.2, 0) is 9.59 Å². The fourth-order valence-corrected chi connectivity index (χ4v) is 3.16. The zero-order valence-corrected chi connectivity index (χ0v) is 14.6. The minimum atomic E-state index is -1.09. The standard InChI is InChI=1S/C20H16N4O4/c25-17-10-16(19(26)22-14-8-4-7-13(9-14)20(27)28)24-18(23-17)15(11-21-24)12-5-2-1-3-6-12/h1-9,11,16H,10H2,(H,22,26)(H,23,25)(H,27,28)/t16-/m1/s1. The van der Waals surface area contributed by atoms with Gasteiger partial charge < -0.3 is 15.7 Å². The molecule has 0 bridgehead atoms. The molecule has 0 aliphatic carbocycles. The van der Waals surface area contributed by atoms with Crippen molar-refractivity contribution in [3.05, 3.63) is 66.4 Å². The Hall–Kier alpha value is -3.94. The van der Waals surface area contributed by atoms with Gasteiger partial charge in [0.15, 0.2) is 0 Å². The van der Waals surface area contributed by atoms with E-state index in [4.69, 9.17) is 5.11 Å². The molecule has 140 valence electrons. The van der Waals surface area contributed by atoms with E-state index < -0.39 is 17.9 Å². The summed E-state index contributed by atoms with van der Waals surface area (Å²) in [5, 5.41) is 18.9. The summed E-state index contributed by atoms with van der Waals surface area (Å²) in [5.41, 5.74) is 2.00. The second-order valence-electron chi connectivity index (χ2n) is 6.36. The molecule has 2 amide bonds. The zero-order valence-electron chi connectivity index (χ0n) is 14.6. The number of carboxylic acids is 1. The summed E-state index contributed by atoms with van der Waals surface area (Å²) in [6.07, 6.45) is 1.55. The first-order chi connectivity index (χ1) is 13.5. The van der Waals surface area contributed by atoms with Crippen molar-refractivity contribution in [2.24, 2.45) is 0 Å². The SMILES string of the molecule is O=C1C[C@H](C(=O)Nc2cccc(C(=O)O)c2)n2ncc(-c3ccccc3)c2N1. The molecule has 1 aliphatic heterocycles. The van der Waals surface area contributed by atoms with Crippen LogP contribution in [0.25, 0.3) is 11.1 Å². The van der Waals surface area contributed by atoms with E-state index in [0.717, 1.165) is 11.1 Å². The Morgan fingerprint density at radius 3 is 2.68 bits per heavy atom. The summed E-state index contributed by atoms with van der Waals surface area (Å²) < 4.78 is 1.49. The van der Waals surface area contributed by atoms with E-state index in [-0.39, 0.29) is 17.9 Å². The lowest BCUT2D eigenvalue weighted by atomic mass is 10.1. The number of aromatic nitrogens is 2. The highest BCUT2D eigenvalue weighted by atomic mass is 16.4. The van der Waals surface area contributed by atoms with Crippen LogP contribution in [0.2, 0.25) is 0 Å². The number of nitrogens with zero attached hydrogens (tertiary/aromatic N) is 2. The van der Waals surface area contributed by atoms with Crippen molar-refractivity contribution in [1.29, 1.82) is 0 Å². The Morgan fingerprint density at radius 2 is 1.93 bits per heavy atom. The molecule has 28 heavy (non-hydrogen) atoms. The van der Waals surface area contributed by atoms with Gasteiger partial charge in [0.25, 0.3) is 0 Å². The molecule has 0 saturated carbocycles. The maximum absolute atomic E-state index is 12.8. The number of anilines is 2. The first kappa shape index (κ1) is 17.5. The summed E-state index contributed by atoms with van der Waals surface area (Å²) in [4.78, 5) is 36.1. The van der Waals surface area contributed by atoms with Crippen molar-refractivity contribution < 1.29 is 19.5 Å². The molecule has 0 radical (unpaired) electrons. The van der Waals surface area contributed by atoms with Crippen molar-refractivity contribution in [2.45, 2.75) is 12.5 Å². The molecular weight excluding hydrogens is 360 g/mol. The Morgan fingerprint density at radius 1 is 1.14 bits per heavy atom. The van der Waals surface area contributed by atoms with Gasteiger partial charge in [0.2, 0.25) is 11.8 Å². The third-order valence-corrected chi connectivity index (χ3v) is 4.49. The Labute approximate surface area is 159 Å². The van der Waals surface area contributed by atoms with Crippen LogP contribution in [0.15, 0.2) is 60.8 Å². The maximum atomic E-state index is 12.8. The van der Waals surface area contributed by atoms with Crippen molar-refractivity contribution >= 4 is 29.3 Å². The molecule has 1 aliphatic rings. The number of carboxylic acid groups (broad SMARTS) is 1. The lowest BCUT2D eigenvalue weighted by molar-refractivity contribution is -0.125. The molecule has 3 aromatic rings. The van der Waals surface area contributed by atoms with E-state index in [2.05, 4.69) is 15.7 Å². The molecule has 0 fully saturated rings. The van der Waals surface area contributed by atoms with Crippen LogP contribution >= 0.6 is 0 Å². The number of benzene rings is 2. The lowest BCUT2D eigenvalue weighted by Crippen LogP contribution is -2.35. The number of amides is 2. The third-order valence-electron chi connectivity index (χ3n) is 4.49.